The Bertz CT molecular complexity index is 626. The van der Waals surface area contributed by atoms with Crippen LogP contribution in [-0.4, -0.2) is 37.0 Å². The van der Waals surface area contributed by atoms with E-state index in [1.807, 2.05) is 6.07 Å². The van der Waals surface area contributed by atoms with Gasteiger partial charge in [0.2, 0.25) is 0 Å². The van der Waals surface area contributed by atoms with Crippen molar-refractivity contribution in [2.45, 2.75) is 38.3 Å². The lowest BCUT2D eigenvalue weighted by atomic mass is 10.1. The van der Waals surface area contributed by atoms with Crippen LogP contribution in [0.1, 0.15) is 26.7 Å². The van der Waals surface area contributed by atoms with Crippen molar-refractivity contribution in [3.8, 4) is 5.75 Å². The number of benzene rings is 1. The van der Waals surface area contributed by atoms with Gasteiger partial charge in [-0.2, -0.15) is 0 Å². The van der Waals surface area contributed by atoms with E-state index < -0.39 is 19.0 Å². The van der Waals surface area contributed by atoms with E-state index in [4.69, 9.17) is 14.0 Å². The summed E-state index contributed by atoms with van der Waals surface area (Å²) in [6.45, 7) is 7.92. The Balaban J connectivity index is 2.08. The van der Waals surface area contributed by atoms with Crippen LogP contribution in [0, 0.1) is 0 Å². The molecule has 1 aliphatic rings. The van der Waals surface area contributed by atoms with Crippen LogP contribution in [0.4, 0.5) is 0 Å². The van der Waals surface area contributed by atoms with Crippen LogP contribution in [-0.2, 0) is 18.8 Å². The second kappa shape index (κ2) is 8.65. The molecule has 7 heteroatoms. The molecule has 1 aromatic carbocycles. The fraction of sp³-hybridized carbons (Fsp3) is 0.500. The van der Waals surface area contributed by atoms with E-state index in [0.717, 1.165) is 0 Å². The molecule has 6 nitrogen and oxygen atoms in total. The van der Waals surface area contributed by atoms with Gasteiger partial charge in [-0.05, 0) is 32.4 Å². The first-order valence-electron chi connectivity index (χ1n) is 8.37. The van der Waals surface area contributed by atoms with Crippen molar-refractivity contribution in [1.82, 2.24) is 5.09 Å². The molecule has 0 radical (unpaired) electrons. The largest absolute Gasteiger partial charge is 0.458 e. The third kappa shape index (κ3) is 5.99. The molecule has 0 aliphatic carbocycles. The van der Waals surface area contributed by atoms with E-state index in [1.54, 1.807) is 44.2 Å². The molecule has 2 atom stereocenters. The summed E-state index contributed by atoms with van der Waals surface area (Å²) >= 11 is 0. The van der Waals surface area contributed by atoms with Gasteiger partial charge in [0.25, 0.3) is 0 Å². The number of rotatable bonds is 9. The molecule has 1 saturated heterocycles. The number of esters is 1. The lowest BCUT2D eigenvalue weighted by Gasteiger charge is -2.30. The normalized spacial score (nSPS) is 19.8. The molecule has 2 rings (SSSR count). The van der Waals surface area contributed by atoms with Crippen LogP contribution in [0.2, 0.25) is 0 Å². The van der Waals surface area contributed by atoms with Gasteiger partial charge in [0, 0.05) is 6.42 Å². The maximum atomic E-state index is 13.3. The first kappa shape index (κ1) is 19.7. The summed E-state index contributed by atoms with van der Waals surface area (Å²) in [4.78, 5) is 12.5. The fourth-order valence-electron chi connectivity index (χ4n) is 2.41. The molecule has 0 amide bonds. The van der Waals surface area contributed by atoms with E-state index in [1.165, 1.54) is 0 Å². The molecule has 1 fully saturated rings. The van der Waals surface area contributed by atoms with Crippen molar-refractivity contribution in [1.29, 1.82) is 0 Å². The van der Waals surface area contributed by atoms with Gasteiger partial charge in [-0.3, -0.25) is 9.36 Å². The number of hydrogen-bond donors (Lipinski definition) is 1. The summed E-state index contributed by atoms with van der Waals surface area (Å²) in [7, 11) is -3.33. The molecular weight excluding hydrogens is 341 g/mol. The van der Waals surface area contributed by atoms with Gasteiger partial charge in [0.1, 0.15) is 17.4 Å². The Labute approximate surface area is 149 Å². The first-order chi connectivity index (χ1) is 11.8. The molecule has 138 valence electrons. The van der Waals surface area contributed by atoms with Crippen molar-refractivity contribution < 1.29 is 23.4 Å². The van der Waals surface area contributed by atoms with Gasteiger partial charge in [-0.1, -0.05) is 24.3 Å². The number of ether oxygens (including phenoxy) is 2. The van der Waals surface area contributed by atoms with Crippen molar-refractivity contribution in [2.24, 2.45) is 0 Å². The number of hydrogen-bond acceptors (Lipinski definition) is 5. The summed E-state index contributed by atoms with van der Waals surface area (Å²) in [6.07, 6.45) is 2.82. The molecule has 25 heavy (non-hydrogen) atoms. The van der Waals surface area contributed by atoms with Gasteiger partial charge in [0.05, 0.1) is 19.4 Å². The third-order valence-corrected chi connectivity index (χ3v) is 6.00. The van der Waals surface area contributed by atoms with E-state index in [-0.39, 0.29) is 12.3 Å². The Morgan fingerprint density at radius 3 is 2.76 bits per heavy atom. The maximum Gasteiger partial charge on any atom is 0.326 e. The topological polar surface area (TPSA) is 73.9 Å². The van der Waals surface area contributed by atoms with Gasteiger partial charge in [-0.15, -0.1) is 6.58 Å². The molecule has 0 aromatic heterocycles. The number of para-hydroxylation sites is 1. The zero-order valence-corrected chi connectivity index (χ0v) is 15.7. The minimum Gasteiger partial charge on any atom is -0.458 e. The molecule has 0 saturated carbocycles. The zero-order valence-electron chi connectivity index (χ0n) is 14.8. The molecule has 0 bridgehead atoms. The molecule has 1 aromatic rings. The fourth-order valence-corrected chi connectivity index (χ4v) is 4.59. The molecule has 0 spiro atoms. The highest BCUT2D eigenvalue weighted by Crippen LogP contribution is 2.45. The summed E-state index contributed by atoms with van der Waals surface area (Å²) in [5.41, 5.74) is -1.16. The van der Waals surface area contributed by atoms with E-state index >= 15 is 0 Å². The van der Waals surface area contributed by atoms with E-state index in [9.17, 15) is 9.36 Å². The molecule has 1 unspecified atom stereocenters. The average Bonchev–Trinajstić information content (AvgIpc) is 3.06. The summed E-state index contributed by atoms with van der Waals surface area (Å²) in [5.74, 6) is 0.00856. The minimum absolute atomic E-state index is 0.231. The van der Waals surface area contributed by atoms with Crippen molar-refractivity contribution >= 4 is 13.5 Å². The van der Waals surface area contributed by atoms with Crippen LogP contribution in [0.3, 0.4) is 0 Å². The van der Waals surface area contributed by atoms with E-state index in [2.05, 4.69) is 11.7 Å². The first-order valence-corrected chi connectivity index (χ1v) is 10.2. The SMILES string of the molecule is C=CCCP(=O)(NC(C)(C)C(=O)O[C@@H]1CCOC1)Oc1ccccc1. The molecule has 1 aliphatic heterocycles. The quantitative estimate of drug-likeness (QED) is 0.409. The van der Waals surface area contributed by atoms with Gasteiger partial charge < -0.3 is 14.0 Å². The predicted molar refractivity (Wildman–Crippen MR) is 96.9 cm³/mol. The molecule has 1 N–H and O–H groups in total. The number of carbonyl (C=O) groups excluding carboxylic acids is 1. The highest BCUT2D eigenvalue weighted by Gasteiger charge is 2.39. The van der Waals surface area contributed by atoms with Crippen LogP contribution in [0.25, 0.3) is 0 Å². The smallest absolute Gasteiger partial charge is 0.326 e. The van der Waals surface area contributed by atoms with Gasteiger partial charge in [-0.25, -0.2) is 5.09 Å². The van der Waals surface area contributed by atoms with Crippen molar-refractivity contribution in [2.75, 3.05) is 19.4 Å². The maximum absolute atomic E-state index is 13.3. The van der Waals surface area contributed by atoms with Crippen LogP contribution >= 0.6 is 7.52 Å². The summed E-state index contributed by atoms with van der Waals surface area (Å²) < 4.78 is 29.7. The highest BCUT2D eigenvalue weighted by molar-refractivity contribution is 7.57. The third-order valence-electron chi connectivity index (χ3n) is 3.75. The molecule has 1 heterocycles. The summed E-state index contributed by atoms with van der Waals surface area (Å²) in [5, 5.41) is 2.90. The van der Waals surface area contributed by atoms with Crippen molar-refractivity contribution in [3.63, 3.8) is 0 Å². The standard InChI is InChI=1S/C18H26NO5P/c1-4-5-13-25(21,24-15-9-7-6-8-10-15)19-18(2,3)17(20)23-16-11-12-22-14-16/h4,6-10,16H,1,5,11-14H2,2-3H3,(H,19,21)/t16-,25?/m1/s1. The van der Waals surface area contributed by atoms with Crippen LogP contribution < -0.4 is 9.61 Å². The Morgan fingerprint density at radius 2 is 2.16 bits per heavy atom. The Morgan fingerprint density at radius 1 is 1.44 bits per heavy atom. The second-order valence-electron chi connectivity index (χ2n) is 6.51. The van der Waals surface area contributed by atoms with E-state index in [0.29, 0.717) is 31.8 Å². The van der Waals surface area contributed by atoms with Crippen molar-refractivity contribution in [3.05, 3.63) is 43.0 Å². The number of nitrogens with one attached hydrogen (secondary N) is 1. The number of allylic oxidation sites excluding steroid dienone is 1. The summed E-state index contributed by atoms with van der Waals surface area (Å²) in [6, 6.07) is 8.89. The van der Waals surface area contributed by atoms with Gasteiger partial charge in [0.15, 0.2) is 0 Å². The zero-order chi connectivity index (χ0) is 18.3. The Hall–Kier alpha value is -1.62. The van der Waals surface area contributed by atoms with Crippen LogP contribution in [0.5, 0.6) is 5.75 Å². The Kier molecular flexibility index (Phi) is 6.82. The lowest BCUT2D eigenvalue weighted by molar-refractivity contribution is -0.155. The van der Waals surface area contributed by atoms with Gasteiger partial charge >= 0.3 is 13.5 Å². The second-order valence-corrected chi connectivity index (χ2v) is 8.71. The average molecular weight is 367 g/mol. The number of carbonyl (C=O) groups is 1. The van der Waals surface area contributed by atoms with Crippen LogP contribution in [0.15, 0.2) is 43.0 Å². The molecular formula is C18H26NO5P. The highest BCUT2D eigenvalue weighted by atomic mass is 31.2. The lowest BCUT2D eigenvalue weighted by Crippen LogP contribution is -2.48. The predicted octanol–water partition coefficient (Wildman–Crippen LogP) is 3.53. The minimum atomic E-state index is -3.33. The monoisotopic (exact) mass is 367 g/mol.